The summed E-state index contributed by atoms with van der Waals surface area (Å²) >= 11 is 0. The van der Waals surface area contributed by atoms with Crippen LogP contribution in [0.1, 0.15) is 12.5 Å². The zero-order valence-electron chi connectivity index (χ0n) is 13.7. The Hall–Kier alpha value is -2.47. The predicted molar refractivity (Wildman–Crippen MR) is 88.9 cm³/mol. The van der Waals surface area contributed by atoms with Gasteiger partial charge in [0.25, 0.3) is 0 Å². The van der Waals surface area contributed by atoms with Gasteiger partial charge in [-0.15, -0.1) is 0 Å². The Kier molecular flexibility index (Phi) is 4.52. The first-order valence-corrected chi connectivity index (χ1v) is 7.74. The van der Waals surface area contributed by atoms with Crippen LogP contribution in [-0.4, -0.2) is 45.1 Å². The number of aryl methyl sites for hydroxylation is 1. The third-order valence-electron chi connectivity index (χ3n) is 3.66. The highest BCUT2D eigenvalue weighted by Gasteiger charge is 2.13. The van der Waals surface area contributed by atoms with Gasteiger partial charge in [0.05, 0.1) is 0 Å². The van der Waals surface area contributed by atoms with E-state index in [0.717, 1.165) is 36.7 Å². The molecule has 3 aromatic heterocycles. The standard InChI is InChI=1S/C17H21N5O/c1-4-13-11-19-16(20-12-13)14-5-6-15(23-14)17-18-7-8-22(17)10-9-21(2)3/h5-8,11-12H,4,9-10H2,1-3H3. The van der Waals surface area contributed by atoms with Gasteiger partial charge in [-0.05, 0) is 38.2 Å². The first-order chi connectivity index (χ1) is 11.2. The van der Waals surface area contributed by atoms with Gasteiger partial charge in [0, 0.05) is 37.9 Å². The van der Waals surface area contributed by atoms with Crippen LogP contribution in [0.25, 0.3) is 23.2 Å². The Morgan fingerprint density at radius 1 is 1.09 bits per heavy atom. The molecule has 3 heterocycles. The number of imidazole rings is 1. The van der Waals surface area contributed by atoms with Crippen molar-refractivity contribution in [2.24, 2.45) is 0 Å². The maximum Gasteiger partial charge on any atom is 0.195 e. The van der Waals surface area contributed by atoms with Crippen LogP contribution >= 0.6 is 0 Å². The van der Waals surface area contributed by atoms with E-state index in [1.807, 2.05) is 30.7 Å². The molecule has 0 saturated carbocycles. The van der Waals surface area contributed by atoms with E-state index in [2.05, 4.69) is 45.4 Å². The second-order valence-corrected chi connectivity index (χ2v) is 5.68. The van der Waals surface area contributed by atoms with Crippen LogP contribution in [0.5, 0.6) is 0 Å². The average molecular weight is 311 g/mol. The van der Waals surface area contributed by atoms with Crippen molar-refractivity contribution in [1.29, 1.82) is 0 Å². The van der Waals surface area contributed by atoms with Crippen molar-refractivity contribution in [3.63, 3.8) is 0 Å². The van der Waals surface area contributed by atoms with Gasteiger partial charge in [0.1, 0.15) is 0 Å². The summed E-state index contributed by atoms with van der Waals surface area (Å²) in [6, 6.07) is 3.81. The van der Waals surface area contributed by atoms with Gasteiger partial charge in [0.15, 0.2) is 23.2 Å². The van der Waals surface area contributed by atoms with Crippen molar-refractivity contribution in [3.05, 3.63) is 42.5 Å². The number of rotatable bonds is 6. The fourth-order valence-corrected chi connectivity index (χ4v) is 2.27. The topological polar surface area (TPSA) is 60.0 Å². The second kappa shape index (κ2) is 6.75. The maximum atomic E-state index is 5.91. The van der Waals surface area contributed by atoms with Crippen molar-refractivity contribution in [3.8, 4) is 23.2 Å². The minimum absolute atomic E-state index is 0.597. The lowest BCUT2D eigenvalue weighted by Crippen LogP contribution is -2.18. The Bertz CT molecular complexity index is 757. The van der Waals surface area contributed by atoms with Gasteiger partial charge in [-0.3, -0.25) is 0 Å². The van der Waals surface area contributed by atoms with Crippen LogP contribution in [-0.2, 0) is 13.0 Å². The highest BCUT2D eigenvalue weighted by Crippen LogP contribution is 2.25. The lowest BCUT2D eigenvalue weighted by atomic mass is 10.3. The molecule has 0 atom stereocenters. The third-order valence-corrected chi connectivity index (χ3v) is 3.66. The summed E-state index contributed by atoms with van der Waals surface area (Å²) in [6.45, 7) is 3.88. The summed E-state index contributed by atoms with van der Waals surface area (Å²) in [5.74, 6) is 2.81. The van der Waals surface area contributed by atoms with Gasteiger partial charge < -0.3 is 13.9 Å². The molecule has 3 rings (SSSR count). The van der Waals surface area contributed by atoms with E-state index >= 15 is 0 Å². The van der Waals surface area contributed by atoms with Crippen molar-refractivity contribution >= 4 is 0 Å². The molecule has 0 saturated heterocycles. The molecule has 6 heteroatoms. The summed E-state index contributed by atoms with van der Waals surface area (Å²) < 4.78 is 8.00. The van der Waals surface area contributed by atoms with E-state index in [1.165, 1.54) is 0 Å². The van der Waals surface area contributed by atoms with E-state index in [1.54, 1.807) is 6.20 Å². The number of furan rings is 1. The summed E-state index contributed by atoms with van der Waals surface area (Å²) in [5.41, 5.74) is 1.11. The van der Waals surface area contributed by atoms with Crippen molar-refractivity contribution in [2.75, 3.05) is 20.6 Å². The van der Waals surface area contributed by atoms with Crippen molar-refractivity contribution in [2.45, 2.75) is 19.9 Å². The Labute approximate surface area is 135 Å². The number of aromatic nitrogens is 4. The minimum atomic E-state index is 0.597. The molecular formula is C17H21N5O. The largest absolute Gasteiger partial charge is 0.449 e. The number of hydrogen-bond acceptors (Lipinski definition) is 5. The molecular weight excluding hydrogens is 290 g/mol. The SMILES string of the molecule is CCc1cnc(-c2ccc(-c3nccn3CCN(C)C)o2)nc1. The molecule has 0 bridgehead atoms. The summed E-state index contributed by atoms with van der Waals surface area (Å²) in [7, 11) is 4.11. The molecule has 0 aliphatic carbocycles. The molecule has 0 spiro atoms. The van der Waals surface area contributed by atoms with Crippen LogP contribution in [0.3, 0.4) is 0 Å². The van der Waals surface area contributed by atoms with Crippen LogP contribution in [0, 0.1) is 0 Å². The Balaban J connectivity index is 1.83. The normalized spacial score (nSPS) is 11.3. The molecule has 0 amide bonds. The monoisotopic (exact) mass is 311 g/mol. The van der Waals surface area contributed by atoms with Crippen molar-refractivity contribution < 1.29 is 4.42 Å². The summed E-state index contributed by atoms with van der Waals surface area (Å²) in [5, 5.41) is 0. The van der Waals surface area contributed by atoms with Gasteiger partial charge in [-0.2, -0.15) is 0 Å². The Morgan fingerprint density at radius 2 is 1.83 bits per heavy atom. The third kappa shape index (κ3) is 3.48. The fraction of sp³-hybridized carbons (Fsp3) is 0.353. The summed E-state index contributed by atoms with van der Waals surface area (Å²) in [4.78, 5) is 15.3. The molecule has 3 aromatic rings. The molecule has 120 valence electrons. The Morgan fingerprint density at radius 3 is 2.52 bits per heavy atom. The van der Waals surface area contributed by atoms with E-state index in [4.69, 9.17) is 4.42 Å². The zero-order chi connectivity index (χ0) is 16.2. The molecule has 0 N–H and O–H groups in total. The molecule has 6 nitrogen and oxygen atoms in total. The van der Waals surface area contributed by atoms with E-state index in [0.29, 0.717) is 11.6 Å². The summed E-state index contributed by atoms with van der Waals surface area (Å²) in [6.07, 6.45) is 8.35. The molecule has 0 radical (unpaired) electrons. The number of hydrogen-bond donors (Lipinski definition) is 0. The maximum absolute atomic E-state index is 5.91. The zero-order valence-corrected chi connectivity index (χ0v) is 13.7. The smallest absolute Gasteiger partial charge is 0.195 e. The first kappa shape index (κ1) is 15.4. The van der Waals surface area contributed by atoms with Crippen LogP contribution in [0.2, 0.25) is 0 Å². The number of likely N-dealkylation sites (N-methyl/N-ethyl adjacent to an activating group) is 1. The second-order valence-electron chi connectivity index (χ2n) is 5.68. The number of nitrogens with zero attached hydrogens (tertiary/aromatic N) is 5. The van der Waals surface area contributed by atoms with Gasteiger partial charge in [0.2, 0.25) is 0 Å². The molecule has 0 unspecified atom stereocenters. The van der Waals surface area contributed by atoms with Crippen LogP contribution < -0.4 is 0 Å². The predicted octanol–water partition coefficient (Wildman–Crippen LogP) is 2.72. The fourth-order valence-electron chi connectivity index (χ4n) is 2.27. The average Bonchev–Trinajstić information content (AvgIpc) is 3.21. The molecule has 0 aliphatic rings. The molecule has 0 fully saturated rings. The van der Waals surface area contributed by atoms with Gasteiger partial charge in [-0.25, -0.2) is 15.0 Å². The highest BCUT2D eigenvalue weighted by atomic mass is 16.3. The van der Waals surface area contributed by atoms with E-state index in [-0.39, 0.29) is 0 Å². The molecule has 0 aromatic carbocycles. The first-order valence-electron chi connectivity index (χ1n) is 7.74. The lowest BCUT2D eigenvalue weighted by molar-refractivity contribution is 0.384. The van der Waals surface area contributed by atoms with Crippen molar-refractivity contribution in [1.82, 2.24) is 24.4 Å². The highest BCUT2D eigenvalue weighted by molar-refractivity contribution is 5.56. The molecule has 23 heavy (non-hydrogen) atoms. The van der Waals surface area contributed by atoms with E-state index in [9.17, 15) is 0 Å². The van der Waals surface area contributed by atoms with Crippen LogP contribution in [0.15, 0.2) is 41.3 Å². The van der Waals surface area contributed by atoms with Gasteiger partial charge in [-0.1, -0.05) is 6.92 Å². The van der Waals surface area contributed by atoms with Crippen LogP contribution in [0.4, 0.5) is 0 Å². The quantitative estimate of drug-likeness (QED) is 0.700. The minimum Gasteiger partial charge on any atom is -0.449 e. The lowest BCUT2D eigenvalue weighted by Gasteiger charge is -2.11. The molecule has 0 aliphatic heterocycles. The van der Waals surface area contributed by atoms with E-state index < -0.39 is 0 Å². The van der Waals surface area contributed by atoms with Gasteiger partial charge >= 0.3 is 0 Å².